The van der Waals surface area contributed by atoms with Crippen LogP contribution in [0.3, 0.4) is 0 Å². The molecule has 0 spiro atoms. The molecule has 3 heterocycles. The molecule has 0 radical (unpaired) electrons. The number of rotatable bonds is 3. The number of hydrogen-bond donors (Lipinski definition) is 0. The molecule has 4 nitrogen and oxygen atoms in total. The molecule has 2 aliphatic heterocycles. The summed E-state index contributed by atoms with van der Waals surface area (Å²) in [5.74, 6) is 2.45. The lowest BCUT2D eigenvalue weighted by molar-refractivity contribution is 0.0767. The van der Waals surface area contributed by atoms with E-state index in [9.17, 15) is 4.79 Å². The Hall–Kier alpha value is -0.940. The summed E-state index contributed by atoms with van der Waals surface area (Å²) in [6, 6.07) is 0. The first-order chi connectivity index (χ1) is 10.3. The smallest absolute Gasteiger partial charge is 0.273 e. The summed E-state index contributed by atoms with van der Waals surface area (Å²) in [6.07, 6.45) is 5.73. The molecule has 2 atom stereocenters. The van der Waals surface area contributed by atoms with Crippen LogP contribution in [0.15, 0.2) is 10.9 Å². The van der Waals surface area contributed by atoms with Crippen molar-refractivity contribution in [2.75, 3.05) is 32.7 Å². The molecule has 3 aliphatic rings. The molecule has 0 aromatic carbocycles. The van der Waals surface area contributed by atoms with E-state index in [1.165, 1.54) is 56.7 Å². The number of nitrogens with zero attached hydrogens (tertiary/aromatic N) is 3. The molecule has 5 heteroatoms. The van der Waals surface area contributed by atoms with Gasteiger partial charge in [0.05, 0.1) is 5.51 Å². The van der Waals surface area contributed by atoms with Gasteiger partial charge in [-0.2, -0.15) is 0 Å². The third kappa shape index (κ3) is 2.73. The van der Waals surface area contributed by atoms with Gasteiger partial charge in [-0.25, -0.2) is 4.98 Å². The first-order valence-electron chi connectivity index (χ1n) is 8.19. The average Bonchev–Trinajstić information content (AvgIpc) is 3.23. The number of amides is 1. The summed E-state index contributed by atoms with van der Waals surface area (Å²) in [6.45, 7) is 5.56. The maximum Gasteiger partial charge on any atom is 0.273 e. The lowest BCUT2D eigenvalue weighted by atomic mass is 10.0. The van der Waals surface area contributed by atoms with Crippen LogP contribution in [0.2, 0.25) is 0 Å². The van der Waals surface area contributed by atoms with Gasteiger partial charge in [-0.05, 0) is 30.6 Å². The summed E-state index contributed by atoms with van der Waals surface area (Å²) in [5, 5.41) is 1.86. The summed E-state index contributed by atoms with van der Waals surface area (Å²) < 4.78 is 0. The Labute approximate surface area is 130 Å². The van der Waals surface area contributed by atoms with Crippen molar-refractivity contribution in [3.63, 3.8) is 0 Å². The molecule has 4 rings (SSSR count). The molecule has 0 bridgehead atoms. The number of fused-ring (bicyclic) bond motifs is 1. The molecule has 1 aromatic heterocycles. The van der Waals surface area contributed by atoms with E-state index >= 15 is 0 Å². The van der Waals surface area contributed by atoms with Crippen LogP contribution >= 0.6 is 11.3 Å². The zero-order valence-electron chi connectivity index (χ0n) is 12.4. The molecule has 21 heavy (non-hydrogen) atoms. The van der Waals surface area contributed by atoms with Gasteiger partial charge in [0.1, 0.15) is 5.69 Å². The quantitative estimate of drug-likeness (QED) is 0.860. The predicted molar refractivity (Wildman–Crippen MR) is 83.4 cm³/mol. The van der Waals surface area contributed by atoms with Gasteiger partial charge in [0.15, 0.2) is 0 Å². The highest BCUT2D eigenvalue weighted by molar-refractivity contribution is 7.07. The summed E-state index contributed by atoms with van der Waals surface area (Å²) in [4.78, 5) is 21.2. The Morgan fingerprint density at radius 2 is 1.90 bits per heavy atom. The first kappa shape index (κ1) is 13.7. The number of aromatic nitrogens is 1. The van der Waals surface area contributed by atoms with Crippen molar-refractivity contribution in [2.45, 2.75) is 25.7 Å². The third-order valence-corrected chi connectivity index (χ3v) is 6.08. The monoisotopic (exact) mass is 305 g/mol. The summed E-state index contributed by atoms with van der Waals surface area (Å²) in [7, 11) is 0. The zero-order chi connectivity index (χ0) is 14.2. The van der Waals surface area contributed by atoms with Gasteiger partial charge in [0, 0.05) is 38.1 Å². The van der Waals surface area contributed by atoms with Crippen LogP contribution in [-0.4, -0.2) is 53.4 Å². The maximum atomic E-state index is 12.4. The molecular formula is C16H23N3OS. The molecule has 0 unspecified atom stereocenters. The molecule has 114 valence electrons. The fraction of sp³-hybridized carbons (Fsp3) is 0.750. The summed E-state index contributed by atoms with van der Waals surface area (Å²) in [5.41, 5.74) is 2.37. The Morgan fingerprint density at radius 3 is 2.52 bits per heavy atom. The van der Waals surface area contributed by atoms with E-state index in [2.05, 4.69) is 9.88 Å². The number of carbonyl (C=O) groups excluding carboxylic acids is 1. The van der Waals surface area contributed by atoms with Crippen LogP contribution in [0.25, 0.3) is 0 Å². The van der Waals surface area contributed by atoms with E-state index in [-0.39, 0.29) is 5.91 Å². The fourth-order valence-corrected chi connectivity index (χ4v) is 4.97. The SMILES string of the molecule is O=C(c1cscn1)N1C[C@H]2CN(CC3CCCC3)C[C@H]2C1. The molecular weight excluding hydrogens is 282 g/mol. The highest BCUT2D eigenvalue weighted by Gasteiger charge is 2.42. The summed E-state index contributed by atoms with van der Waals surface area (Å²) >= 11 is 1.50. The molecule has 2 saturated heterocycles. The molecule has 3 fully saturated rings. The predicted octanol–water partition coefficient (Wildman–Crippen LogP) is 2.34. The van der Waals surface area contributed by atoms with Crippen molar-refractivity contribution in [1.29, 1.82) is 0 Å². The number of thiazole rings is 1. The van der Waals surface area contributed by atoms with Gasteiger partial charge in [-0.1, -0.05) is 12.8 Å². The van der Waals surface area contributed by atoms with Crippen LogP contribution in [0.5, 0.6) is 0 Å². The van der Waals surface area contributed by atoms with Gasteiger partial charge >= 0.3 is 0 Å². The van der Waals surface area contributed by atoms with Crippen molar-refractivity contribution in [2.24, 2.45) is 17.8 Å². The Bertz CT molecular complexity index is 484. The minimum atomic E-state index is 0.132. The van der Waals surface area contributed by atoms with E-state index in [0.717, 1.165) is 19.0 Å². The number of likely N-dealkylation sites (tertiary alicyclic amines) is 2. The molecule has 1 aromatic rings. The lowest BCUT2D eigenvalue weighted by Crippen LogP contribution is -2.34. The van der Waals surface area contributed by atoms with E-state index in [1.807, 2.05) is 10.3 Å². The van der Waals surface area contributed by atoms with Crippen molar-refractivity contribution in [1.82, 2.24) is 14.8 Å². The van der Waals surface area contributed by atoms with Gasteiger partial charge < -0.3 is 9.80 Å². The Morgan fingerprint density at radius 1 is 1.19 bits per heavy atom. The van der Waals surface area contributed by atoms with Crippen molar-refractivity contribution >= 4 is 17.2 Å². The molecule has 1 amide bonds. The topological polar surface area (TPSA) is 36.4 Å². The van der Waals surface area contributed by atoms with Gasteiger partial charge in [-0.3, -0.25) is 4.79 Å². The average molecular weight is 305 g/mol. The maximum absolute atomic E-state index is 12.4. The van der Waals surface area contributed by atoms with E-state index in [4.69, 9.17) is 0 Å². The van der Waals surface area contributed by atoms with Crippen LogP contribution < -0.4 is 0 Å². The van der Waals surface area contributed by atoms with Gasteiger partial charge in [-0.15, -0.1) is 11.3 Å². The number of carbonyl (C=O) groups is 1. The van der Waals surface area contributed by atoms with Crippen molar-refractivity contribution in [3.05, 3.63) is 16.6 Å². The van der Waals surface area contributed by atoms with E-state index < -0.39 is 0 Å². The van der Waals surface area contributed by atoms with Crippen LogP contribution in [0, 0.1) is 17.8 Å². The molecule has 0 N–H and O–H groups in total. The number of hydrogen-bond acceptors (Lipinski definition) is 4. The molecule has 1 aliphatic carbocycles. The Balaban J connectivity index is 1.32. The largest absolute Gasteiger partial charge is 0.337 e. The van der Waals surface area contributed by atoms with Crippen LogP contribution in [0.1, 0.15) is 36.2 Å². The molecule has 1 saturated carbocycles. The van der Waals surface area contributed by atoms with Gasteiger partial charge in [0.2, 0.25) is 0 Å². The second kappa shape index (κ2) is 5.69. The Kier molecular flexibility index (Phi) is 3.71. The minimum absolute atomic E-state index is 0.132. The fourth-order valence-electron chi connectivity index (χ4n) is 4.44. The standard InChI is InChI=1S/C16H23N3OS/c20-16(15-10-21-11-17-15)19-8-13-6-18(7-14(13)9-19)5-12-3-1-2-4-12/h10-14H,1-9H2/t13-,14+. The van der Waals surface area contributed by atoms with E-state index in [1.54, 1.807) is 5.51 Å². The van der Waals surface area contributed by atoms with Crippen LogP contribution in [-0.2, 0) is 0 Å². The van der Waals surface area contributed by atoms with Crippen LogP contribution in [0.4, 0.5) is 0 Å². The van der Waals surface area contributed by atoms with Crippen molar-refractivity contribution in [3.8, 4) is 0 Å². The highest BCUT2D eigenvalue weighted by atomic mass is 32.1. The second-order valence-electron chi connectivity index (χ2n) is 6.97. The zero-order valence-corrected chi connectivity index (χ0v) is 13.2. The van der Waals surface area contributed by atoms with Crippen molar-refractivity contribution < 1.29 is 4.79 Å². The third-order valence-electron chi connectivity index (χ3n) is 5.49. The highest BCUT2D eigenvalue weighted by Crippen LogP contribution is 2.34. The first-order valence-corrected chi connectivity index (χ1v) is 9.13. The second-order valence-corrected chi connectivity index (χ2v) is 7.69. The lowest BCUT2D eigenvalue weighted by Gasteiger charge is -2.23. The normalized spacial score (nSPS) is 30.2. The van der Waals surface area contributed by atoms with Gasteiger partial charge in [0.25, 0.3) is 5.91 Å². The minimum Gasteiger partial charge on any atom is -0.337 e. The van der Waals surface area contributed by atoms with E-state index in [0.29, 0.717) is 17.5 Å².